The lowest BCUT2D eigenvalue weighted by Crippen LogP contribution is -2.33. The predicted molar refractivity (Wildman–Crippen MR) is 78.6 cm³/mol. The molecule has 0 bridgehead atoms. The Hall–Kier alpha value is -1.59. The first kappa shape index (κ1) is 14.8. The van der Waals surface area contributed by atoms with E-state index in [0.29, 0.717) is 29.5 Å². The van der Waals surface area contributed by atoms with E-state index in [1.807, 2.05) is 19.9 Å². The van der Waals surface area contributed by atoms with Crippen molar-refractivity contribution < 1.29 is 9.90 Å². The number of aliphatic hydroxyl groups excluding tert-OH is 1. The van der Waals surface area contributed by atoms with Gasteiger partial charge in [-0.2, -0.15) is 0 Å². The maximum absolute atomic E-state index is 12.2. The third-order valence-corrected chi connectivity index (χ3v) is 3.58. The molecule has 2 rings (SSSR count). The zero-order valence-corrected chi connectivity index (χ0v) is 12.4. The minimum Gasteiger partial charge on any atom is -0.388 e. The van der Waals surface area contributed by atoms with Crippen molar-refractivity contribution in [2.45, 2.75) is 27.0 Å². The highest BCUT2D eigenvalue weighted by Crippen LogP contribution is 2.21. The predicted octanol–water partition coefficient (Wildman–Crippen LogP) is 2.05. The quantitative estimate of drug-likeness (QED) is 0.918. The number of benzene rings is 1. The summed E-state index contributed by atoms with van der Waals surface area (Å²) >= 11 is 5.94. The number of aromatic nitrogens is 2. The Morgan fingerprint density at radius 3 is 2.70 bits per heavy atom. The van der Waals surface area contributed by atoms with Crippen LogP contribution in [0.4, 0.5) is 0 Å². The number of aliphatic hydroxyl groups is 1. The van der Waals surface area contributed by atoms with E-state index in [4.69, 9.17) is 11.6 Å². The van der Waals surface area contributed by atoms with Crippen molar-refractivity contribution in [3.8, 4) is 0 Å². The molecule has 108 valence electrons. The summed E-state index contributed by atoms with van der Waals surface area (Å²) in [5.41, 5.74) is 1.49. The Balaban J connectivity index is 2.40. The molecule has 0 aliphatic rings. The molecule has 20 heavy (non-hydrogen) atoms. The number of imidazole rings is 1. The van der Waals surface area contributed by atoms with Crippen molar-refractivity contribution >= 4 is 28.5 Å². The number of amides is 1. The minimum atomic E-state index is -0.210. The second-order valence-electron chi connectivity index (χ2n) is 4.47. The van der Waals surface area contributed by atoms with Crippen LogP contribution in [-0.2, 0) is 17.9 Å². The SMILES string of the molecule is CCN(CC)C(=O)Cn1c(CO)nc2cc(Cl)ccc21. The summed E-state index contributed by atoms with van der Waals surface area (Å²) in [7, 11) is 0. The van der Waals surface area contributed by atoms with E-state index >= 15 is 0 Å². The molecule has 5 nitrogen and oxygen atoms in total. The van der Waals surface area contributed by atoms with Crippen LogP contribution in [-0.4, -0.2) is 38.6 Å². The van der Waals surface area contributed by atoms with Crippen LogP contribution >= 0.6 is 11.6 Å². The van der Waals surface area contributed by atoms with Crippen molar-refractivity contribution in [3.05, 3.63) is 29.0 Å². The second kappa shape index (κ2) is 6.24. The van der Waals surface area contributed by atoms with E-state index < -0.39 is 0 Å². The molecule has 0 radical (unpaired) electrons. The molecule has 0 saturated heterocycles. The molecule has 1 amide bonds. The van der Waals surface area contributed by atoms with Gasteiger partial charge in [0, 0.05) is 18.1 Å². The van der Waals surface area contributed by atoms with Gasteiger partial charge < -0.3 is 14.6 Å². The minimum absolute atomic E-state index is 0.0129. The van der Waals surface area contributed by atoms with Crippen molar-refractivity contribution in [3.63, 3.8) is 0 Å². The third kappa shape index (κ3) is 2.78. The Labute approximate surface area is 122 Å². The molecule has 0 saturated carbocycles. The van der Waals surface area contributed by atoms with Crippen LogP contribution in [0.2, 0.25) is 5.02 Å². The van der Waals surface area contributed by atoms with Crippen LogP contribution < -0.4 is 0 Å². The lowest BCUT2D eigenvalue weighted by molar-refractivity contribution is -0.131. The molecular weight excluding hydrogens is 278 g/mol. The molecule has 0 aliphatic carbocycles. The highest BCUT2D eigenvalue weighted by molar-refractivity contribution is 6.31. The fourth-order valence-corrected chi connectivity index (χ4v) is 2.43. The number of hydrogen-bond donors (Lipinski definition) is 1. The van der Waals surface area contributed by atoms with Crippen molar-refractivity contribution in [1.29, 1.82) is 0 Å². The van der Waals surface area contributed by atoms with E-state index in [0.717, 1.165) is 5.52 Å². The fraction of sp³-hybridized carbons (Fsp3) is 0.429. The average Bonchev–Trinajstić information content (AvgIpc) is 2.77. The smallest absolute Gasteiger partial charge is 0.242 e. The van der Waals surface area contributed by atoms with Crippen LogP contribution in [0.5, 0.6) is 0 Å². The summed E-state index contributed by atoms with van der Waals surface area (Å²) in [5.74, 6) is 0.488. The van der Waals surface area contributed by atoms with E-state index in [9.17, 15) is 9.90 Å². The topological polar surface area (TPSA) is 58.4 Å². The Bertz CT molecular complexity index is 620. The molecule has 0 fully saturated rings. The molecule has 0 atom stereocenters. The van der Waals surface area contributed by atoms with Gasteiger partial charge in [-0.1, -0.05) is 11.6 Å². The lowest BCUT2D eigenvalue weighted by atomic mass is 10.3. The summed E-state index contributed by atoms with van der Waals surface area (Å²) in [6.45, 7) is 5.19. The molecule has 0 spiro atoms. The van der Waals surface area contributed by atoms with Crippen molar-refractivity contribution in [2.24, 2.45) is 0 Å². The van der Waals surface area contributed by atoms with Gasteiger partial charge in [0.05, 0.1) is 11.0 Å². The normalized spacial score (nSPS) is 11.0. The number of rotatable bonds is 5. The highest BCUT2D eigenvalue weighted by atomic mass is 35.5. The van der Waals surface area contributed by atoms with Gasteiger partial charge in [0.25, 0.3) is 0 Å². The van der Waals surface area contributed by atoms with Crippen LogP contribution in [0.3, 0.4) is 0 Å². The zero-order valence-electron chi connectivity index (χ0n) is 11.6. The van der Waals surface area contributed by atoms with Gasteiger partial charge in [-0.3, -0.25) is 4.79 Å². The lowest BCUT2D eigenvalue weighted by Gasteiger charge is -2.19. The molecule has 0 unspecified atom stereocenters. The van der Waals surface area contributed by atoms with Gasteiger partial charge in [-0.25, -0.2) is 4.98 Å². The van der Waals surface area contributed by atoms with Crippen LogP contribution in [0.25, 0.3) is 11.0 Å². The molecule has 2 aromatic rings. The second-order valence-corrected chi connectivity index (χ2v) is 4.91. The standard InChI is InChI=1S/C14H18ClN3O2/c1-3-17(4-2)14(20)8-18-12-6-5-10(15)7-11(12)16-13(18)9-19/h5-7,19H,3-4,8-9H2,1-2H3. The summed E-state index contributed by atoms with van der Waals surface area (Å²) in [6, 6.07) is 5.30. The summed E-state index contributed by atoms with van der Waals surface area (Å²) in [5, 5.41) is 10.00. The van der Waals surface area contributed by atoms with E-state index in [1.165, 1.54) is 0 Å². The number of likely N-dealkylation sites (N-methyl/N-ethyl adjacent to an activating group) is 1. The number of hydrogen-bond acceptors (Lipinski definition) is 3. The first-order chi connectivity index (χ1) is 9.60. The van der Waals surface area contributed by atoms with Gasteiger partial charge in [0.2, 0.25) is 5.91 Å². The van der Waals surface area contributed by atoms with Crippen LogP contribution in [0.15, 0.2) is 18.2 Å². The van der Waals surface area contributed by atoms with Gasteiger partial charge >= 0.3 is 0 Å². The number of nitrogens with zero attached hydrogens (tertiary/aromatic N) is 3. The highest BCUT2D eigenvalue weighted by Gasteiger charge is 2.16. The molecule has 1 aromatic heterocycles. The number of carbonyl (C=O) groups excluding carboxylic acids is 1. The Morgan fingerprint density at radius 2 is 2.10 bits per heavy atom. The Morgan fingerprint density at radius 1 is 1.40 bits per heavy atom. The van der Waals surface area contributed by atoms with Crippen LogP contribution in [0.1, 0.15) is 19.7 Å². The van der Waals surface area contributed by atoms with Gasteiger partial charge in [0.15, 0.2) is 0 Å². The number of halogens is 1. The van der Waals surface area contributed by atoms with Crippen molar-refractivity contribution in [2.75, 3.05) is 13.1 Å². The molecule has 1 heterocycles. The first-order valence-electron chi connectivity index (χ1n) is 6.64. The Kier molecular flexibility index (Phi) is 4.62. The maximum atomic E-state index is 12.2. The maximum Gasteiger partial charge on any atom is 0.242 e. The average molecular weight is 296 g/mol. The molecule has 1 N–H and O–H groups in total. The monoisotopic (exact) mass is 295 g/mol. The zero-order chi connectivity index (χ0) is 14.7. The summed E-state index contributed by atoms with van der Waals surface area (Å²) < 4.78 is 1.74. The molecule has 1 aromatic carbocycles. The number of carbonyl (C=O) groups is 1. The fourth-order valence-electron chi connectivity index (χ4n) is 2.26. The first-order valence-corrected chi connectivity index (χ1v) is 7.01. The third-order valence-electron chi connectivity index (χ3n) is 3.34. The van der Waals surface area contributed by atoms with Crippen LogP contribution in [0, 0.1) is 0 Å². The molecular formula is C14H18ClN3O2. The van der Waals surface area contributed by atoms with E-state index in [1.54, 1.807) is 21.6 Å². The van der Waals surface area contributed by atoms with Gasteiger partial charge in [-0.05, 0) is 32.0 Å². The molecule has 0 aliphatic heterocycles. The van der Waals surface area contributed by atoms with Gasteiger partial charge in [0.1, 0.15) is 19.0 Å². The number of fused-ring (bicyclic) bond motifs is 1. The molecule has 6 heteroatoms. The van der Waals surface area contributed by atoms with E-state index in [2.05, 4.69) is 4.98 Å². The van der Waals surface area contributed by atoms with Crippen molar-refractivity contribution in [1.82, 2.24) is 14.5 Å². The largest absolute Gasteiger partial charge is 0.388 e. The van der Waals surface area contributed by atoms with Gasteiger partial charge in [-0.15, -0.1) is 0 Å². The summed E-state index contributed by atoms with van der Waals surface area (Å²) in [4.78, 5) is 18.3. The summed E-state index contributed by atoms with van der Waals surface area (Å²) in [6.07, 6.45) is 0. The van der Waals surface area contributed by atoms with E-state index in [-0.39, 0.29) is 19.1 Å².